The maximum Gasteiger partial charge on any atom is 0.184 e. The highest BCUT2D eigenvalue weighted by atomic mass is 35.5. The van der Waals surface area contributed by atoms with E-state index < -0.39 is 9.84 Å². The molecular formula is C20H16ClNO3S. The number of hydrogen-bond donors (Lipinski definition) is 1. The summed E-state index contributed by atoms with van der Waals surface area (Å²) in [5.74, 6) is -0.482. The van der Waals surface area contributed by atoms with Gasteiger partial charge in [-0.2, -0.15) is 0 Å². The molecule has 0 aliphatic heterocycles. The van der Waals surface area contributed by atoms with Crippen molar-refractivity contribution in [1.82, 2.24) is 4.98 Å². The van der Waals surface area contributed by atoms with E-state index in [2.05, 4.69) is 11.6 Å². The number of benzene rings is 2. The molecule has 0 saturated heterocycles. The fraction of sp³-hybridized carbons (Fsp3) is 0.0500. The molecule has 1 N–H and O–H groups in total. The third-order valence-corrected chi connectivity index (χ3v) is 5.75. The highest BCUT2D eigenvalue weighted by Gasteiger charge is 2.20. The Morgan fingerprint density at radius 2 is 1.77 bits per heavy atom. The lowest BCUT2D eigenvalue weighted by atomic mass is 9.99. The van der Waals surface area contributed by atoms with Gasteiger partial charge >= 0.3 is 0 Å². The van der Waals surface area contributed by atoms with Crippen LogP contribution in [0, 0.1) is 0 Å². The first-order chi connectivity index (χ1) is 12.4. The number of aliphatic hydroxyl groups is 1. The Morgan fingerprint density at radius 1 is 1.04 bits per heavy atom. The first-order valence-electron chi connectivity index (χ1n) is 7.77. The molecule has 0 bridgehead atoms. The first kappa shape index (κ1) is 18.2. The molecule has 132 valence electrons. The average molecular weight is 386 g/mol. The van der Waals surface area contributed by atoms with Gasteiger partial charge in [0.2, 0.25) is 0 Å². The fourth-order valence-corrected chi connectivity index (χ4v) is 4.24. The minimum atomic E-state index is -3.69. The van der Waals surface area contributed by atoms with Crippen LogP contribution in [0.2, 0.25) is 5.02 Å². The zero-order valence-corrected chi connectivity index (χ0v) is 15.3. The Balaban J connectivity index is 2.06. The summed E-state index contributed by atoms with van der Waals surface area (Å²) in [4.78, 5) is 3.87. The van der Waals surface area contributed by atoms with Crippen molar-refractivity contribution in [2.75, 3.05) is 0 Å². The summed E-state index contributed by atoms with van der Waals surface area (Å²) in [6, 6.07) is 16.2. The molecule has 0 amide bonds. The van der Waals surface area contributed by atoms with Gasteiger partial charge in [0, 0.05) is 18.0 Å². The van der Waals surface area contributed by atoms with Crippen LogP contribution < -0.4 is 0 Å². The van der Waals surface area contributed by atoms with E-state index in [1.807, 2.05) is 36.4 Å². The number of sulfone groups is 1. The zero-order chi connectivity index (χ0) is 18.7. The molecule has 2 aromatic carbocycles. The van der Waals surface area contributed by atoms with Gasteiger partial charge in [0.25, 0.3) is 0 Å². The second-order valence-corrected chi connectivity index (χ2v) is 8.21. The van der Waals surface area contributed by atoms with E-state index >= 15 is 0 Å². The van der Waals surface area contributed by atoms with E-state index in [4.69, 9.17) is 11.6 Å². The summed E-state index contributed by atoms with van der Waals surface area (Å²) in [5.41, 5.74) is 2.65. The van der Waals surface area contributed by atoms with Crippen molar-refractivity contribution >= 4 is 27.2 Å². The molecule has 6 heteroatoms. The van der Waals surface area contributed by atoms with Crippen molar-refractivity contribution in [2.45, 2.75) is 10.6 Å². The number of pyridine rings is 1. The van der Waals surface area contributed by atoms with Crippen LogP contribution in [0.5, 0.6) is 0 Å². The molecule has 0 aliphatic rings. The van der Waals surface area contributed by atoms with E-state index in [1.54, 1.807) is 12.1 Å². The van der Waals surface area contributed by atoms with Crippen molar-refractivity contribution in [3.05, 3.63) is 89.7 Å². The summed E-state index contributed by atoms with van der Waals surface area (Å²) in [5, 5.41) is 10.1. The summed E-state index contributed by atoms with van der Waals surface area (Å²) < 4.78 is 25.5. The predicted octanol–water partition coefficient (Wildman–Crippen LogP) is 4.90. The predicted molar refractivity (Wildman–Crippen MR) is 104 cm³/mol. The van der Waals surface area contributed by atoms with Crippen LogP contribution in [0.15, 0.2) is 78.5 Å². The molecule has 0 unspecified atom stereocenters. The monoisotopic (exact) mass is 385 g/mol. The van der Waals surface area contributed by atoms with Gasteiger partial charge in [-0.3, -0.25) is 4.98 Å². The third-order valence-electron chi connectivity index (χ3n) is 3.91. The molecule has 0 radical (unpaired) electrons. The largest absolute Gasteiger partial charge is 0.508 e. The van der Waals surface area contributed by atoms with Crippen LogP contribution in [0.1, 0.15) is 11.1 Å². The van der Waals surface area contributed by atoms with Crippen molar-refractivity contribution in [1.29, 1.82) is 0 Å². The molecule has 0 fully saturated rings. The Labute approximate surface area is 157 Å². The van der Waals surface area contributed by atoms with Gasteiger partial charge in [0.05, 0.1) is 15.7 Å². The first-order valence-corrected chi connectivity index (χ1v) is 9.80. The quantitative estimate of drug-likeness (QED) is 0.634. The molecule has 3 rings (SSSR count). The average Bonchev–Trinajstić information content (AvgIpc) is 2.62. The van der Waals surface area contributed by atoms with Gasteiger partial charge < -0.3 is 5.11 Å². The molecule has 0 spiro atoms. The number of halogens is 1. The Morgan fingerprint density at radius 3 is 2.42 bits per heavy atom. The summed E-state index contributed by atoms with van der Waals surface area (Å²) in [7, 11) is -3.69. The summed E-state index contributed by atoms with van der Waals surface area (Å²) >= 11 is 5.86. The normalized spacial score (nSPS) is 11.3. The van der Waals surface area contributed by atoms with Crippen LogP contribution >= 0.6 is 11.6 Å². The topological polar surface area (TPSA) is 67.3 Å². The van der Waals surface area contributed by atoms with E-state index in [0.29, 0.717) is 11.1 Å². The van der Waals surface area contributed by atoms with Crippen LogP contribution in [0.25, 0.3) is 16.9 Å². The minimum Gasteiger partial charge on any atom is -0.508 e. The van der Waals surface area contributed by atoms with Gasteiger partial charge in [-0.1, -0.05) is 60.6 Å². The van der Waals surface area contributed by atoms with Gasteiger partial charge in [-0.05, 0) is 28.8 Å². The smallest absolute Gasteiger partial charge is 0.184 e. The standard InChI is InChI=1S/C20H16ClNO3S/c1-14(23)20-8-7-16(15-5-3-2-4-6-15)9-17(20)13-26(24,25)19-10-18(21)11-22-12-19/h2-12,23H,1,13H2. The Bertz CT molecular complexity index is 1060. The lowest BCUT2D eigenvalue weighted by Gasteiger charge is -2.12. The lowest BCUT2D eigenvalue weighted by molar-refractivity contribution is 0.513. The van der Waals surface area contributed by atoms with E-state index in [1.165, 1.54) is 18.5 Å². The van der Waals surface area contributed by atoms with Crippen LogP contribution in [0.3, 0.4) is 0 Å². The number of nitrogens with zero attached hydrogens (tertiary/aromatic N) is 1. The number of rotatable bonds is 5. The molecule has 1 aromatic heterocycles. The van der Waals surface area contributed by atoms with Crippen molar-refractivity contribution in [3.63, 3.8) is 0 Å². The third kappa shape index (κ3) is 3.95. The Kier molecular flexibility index (Phi) is 5.11. The van der Waals surface area contributed by atoms with E-state index in [-0.39, 0.29) is 21.4 Å². The summed E-state index contributed by atoms with van der Waals surface area (Å²) in [6.45, 7) is 3.53. The van der Waals surface area contributed by atoms with Crippen LogP contribution in [0.4, 0.5) is 0 Å². The SMILES string of the molecule is C=C(O)c1ccc(-c2ccccc2)cc1CS(=O)(=O)c1cncc(Cl)c1. The van der Waals surface area contributed by atoms with Gasteiger partial charge in [-0.25, -0.2) is 8.42 Å². The van der Waals surface area contributed by atoms with Crippen molar-refractivity contribution in [3.8, 4) is 11.1 Å². The molecule has 0 aliphatic carbocycles. The molecule has 3 aromatic rings. The maximum absolute atomic E-state index is 12.8. The molecule has 4 nitrogen and oxygen atoms in total. The minimum absolute atomic E-state index is 0.0321. The van der Waals surface area contributed by atoms with E-state index in [9.17, 15) is 13.5 Å². The van der Waals surface area contributed by atoms with Gasteiger partial charge in [-0.15, -0.1) is 0 Å². The molecular weight excluding hydrogens is 370 g/mol. The molecule has 0 saturated carbocycles. The van der Waals surface area contributed by atoms with E-state index in [0.717, 1.165) is 11.1 Å². The zero-order valence-electron chi connectivity index (χ0n) is 13.8. The van der Waals surface area contributed by atoms with Crippen molar-refractivity contribution in [2.24, 2.45) is 0 Å². The van der Waals surface area contributed by atoms with Crippen molar-refractivity contribution < 1.29 is 13.5 Å². The number of aromatic nitrogens is 1. The second-order valence-electron chi connectivity index (χ2n) is 5.78. The second kappa shape index (κ2) is 7.32. The highest BCUT2D eigenvalue weighted by Crippen LogP contribution is 2.28. The van der Waals surface area contributed by atoms with Gasteiger partial charge in [0.15, 0.2) is 9.84 Å². The van der Waals surface area contributed by atoms with Gasteiger partial charge in [0.1, 0.15) is 5.76 Å². The molecule has 0 atom stereocenters. The lowest BCUT2D eigenvalue weighted by Crippen LogP contribution is -2.07. The number of hydrogen-bond acceptors (Lipinski definition) is 4. The Hall–Kier alpha value is -2.63. The fourth-order valence-electron chi connectivity index (χ4n) is 2.66. The van der Waals surface area contributed by atoms with Crippen LogP contribution in [-0.4, -0.2) is 18.5 Å². The van der Waals surface area contributed by atoms with Crippen LogP contribution in [-0.2, 0) is 15.6 Å². The highest BCUT2D eigenvalue weighted by molar-refractivity contribution is 7.90. The molecule has 1 heterocycles. The maximum atomic E-state index is 12.8. The number of aliphatic hydroxyl groups excluding tert-OH is 1. The summed E-state index contributed by atoms with van der Waals surface area (Å²) in [6.07, 6.45) is 2.63. The molecule has 26 heavy (non-hydrogen) atoms.